The molecule has 1 rings (SSSR count). The van der Waals surface area contributed by atoms with Crippen LogP contribution in [0.15, 0.2) is 24.5 Å². The molecule has 0 saturated carbocycles. The van der Waals surface area contributed by atoms with Gasteiger partial charge < -0.3 is 0 Å². The predicted molar refractivity (Wildman–Crippen MR) is 54.6 cm³/mol. The van der Waals surface area contributed by atoms with Crippen LogP contribution in [0.2, 0.25) is 0 Å². The zero-order chi connectivity index (χ0) is 8.97. The zero-order valence-electron chi connectivity index (χ0n) is 7.06. The molecule has 0 N–H and O–H groups in total. The molecule has 0 fully saturated rings. The lowest BCUT2D eigenvalue weighted by atomic mass is 10.3. The Balaban J connectivity index is 2.88. The number of thioether (sulfide) groups is 1. The first-order chi connectivity index (χ1) is 5.75. The molecule has 0 aliphatic rings. The molecule has 12 heavy (non-hydrogen) atoms. The topological polar surface area (TPSA) is 30.0 Å². The Morgan fingerprint density at radius 2 is 2.42 bits per heavy atom. The van der Waals surface area contributed by atoms with E-state index in [4.69, 9.17) is 0 Å². The maximum atomic E-state index is 11.2. The van der Waals surface area contributed by atoms with Gasteiger partial charge in [-0.15, -0.1) is 11.8 Å². The van der Waals surface area contributed by atoms with Gasteiger partial charge in [-0.1, -0.05) is 6.07 Å². The second-order valence-electron chi connectivity index (χ2n) is 2.35. The molecule has 0 spiro atoms. The van der Waals surface area contributed by atoms with E-state index >= 15 is 0 Å². The molecule has 0 radical (unpaired) electrons. The molecule has 1 heterocycles. The summed E-state index contributed by atoms with van der Waals surface area (Å²) in [7, 11) is -0.831. The minimum Gasteiger partial charge on any atom is -0.264 e. The molecular formula is C8H11NOS2. The first-order valence-corrected chi connectivity index (χ1v) is 6.41. The highest BCUT2D eigenvalue weighted by Gasteiger charge is 2.12. The van der Waals surface area contributed by atoms with Gasteiger partial charge in [0.25, 0.3) is 0 Å². The summed E-state index contributed by atoms with van der Waals surface area (Å²) < 4.78 is 11.3. The standard InChI is InChI=1S/C8H11NOS2/c1-11-8(12(2)10)7-4-3-5-9-6-7/h3-6,8H,1-2H3. The van der Waals surface area contributed by atoms with Crippen molar-refractivity contribution < 1.29 is 4.21 Å². The summed E-state index contributed by atoms with van der Waals surface area (Å²) in [6, 6.07) is 3.82. The van der Waals surface area contributed by atoms with E-state index in [9.17, 15) is 4.21 Å². The summed E-state index contributed by atoms with van der Waals surface area (Å²) in [5, 5.41) is 0. The smallest absolute Gasteiger partial charge is 0.106 e. The molecule has 66 valence electrons. The molecule has 1 aromatic heterocycles. The minimum atomic E-state index is -0.831. The van der Waals surface area contributed by atoms with E-state index in [1.807, 2.05) is 18.4 Å². The Morgan fingerprint density at radius 3 is 2.83 bits per heavy atom. The molecule has 0 aromatic carbocycles. The molecular weight excluding hydrogens is 190 g/mol. The third kappa shape index (κ3) is 2.32. The number of pyridine rings is 1. The van der Waals surface area contributed by atoms with E-state index in [1.165, 1.54) is 0 Å². The Hall–Kier alpha value is -0.350. The van der Waals surface area contributed by atoms with Crippen LogP contribution in [0.1, 0.15) is 10.1 Å². The molecule has 4 heteroatoms. The third-order valence-electron chi connectivity index (χ3n) is 1.47. The van der Waals surface area contributed by atoms with Crippen LogP contribution in [0.4, 0.5) is 0 Å². The largest absolute Gasteiger partial charge is 0.264 e. The predicted octanol–water partition coefficient (Wildman–Crippen LogP) is 1.82. The molecule has 2 unspecified atom stereocenters. The van der Waals surface area contributed by atoms with Crippen molar-refractivity contribution in [3.63, 3.8) is 0 Å². The van der Waals surface area contributed by atoms with Crippen molar-refractivity contribution >= 4 is 22.6 Å². The van der Waals surface area contributed by atoms with Crippen LogP contribution in [-0.4, -0.2) is 21.7 Å². The summed E-state index contributed by atoms with van der Waals surface area (Å²) in [5.41, 5.74) is 1.03. The fourth-order valence-corrected chi connectivity index (χ4v) is 3.00. The fourth-order valence-electron chi connectivity index (χ4n) is 0.979. The van der Waals surface area contributed by atoms with Crippen molar-refractivity contribution in [2.24, 2.45) is 0 Å². The van der Waals surface area contributed by atoms with E-state index in [0.29, 0.717) is 0 Å². The lowest BCUT2D eigenvalue weighted by Gasteiger charge is -2.10. The Morgan fingerprint density at radius 1 is 1.67 bits per heavy atom. The molecule has 0 bridgehead atoms. The zero-order valence-corrected chi connectivity index (χ0v) is 8.69. The third-order valence-corrected chi connectivity index (χ3v) is 4.44. The van der Waals surface area contributed by atoms with Crippen LogP contribution in [0, 0.1) is 0 Å². The number of rotatable bonds is 3. The van der Waals surface area contributed by atoms with Gasteiger partial charge in [0.1, 0.15) is 4.58 Å². The summed E-state index contributed by atoms with van der Waals surface area (Å²) in [6.45, 7) is 0. The van der Waals surface area contributed by atoms with Gasteiger partial charge in [-0.25, -0.2) is 0 Å². The summed E-state index contributed by atoms with van der Waals surface area (Å²) in [6.07, 6.45) is 7.16. The fraction of sp³-hybridized carbons (Fsp3) is 0.375. The highest BCUT2D eigenvalue weighted by Crippen LogP contribution is 2.28. The van der Waals surface area contributed by atoms with Gasteiger partial charge in [-0.2, -0.15) is 0 Å². The van der Waals surface area contributed by atoms with Crippen LogP contribution >= 0.6 is 11.8 Å². The molecule has 2 atom stereocenters. The van der Waals surface area contributed by atoms with Gasteiger partial charge in [0, 0.05) is 29.4 Å². The molecule has 1 aromatic rings. The van der Waals surface area contributed by atoms with Crippen molar-refractivity contribution in [3.8, 4) is 0 Å². The normalized spacial score (nSPS) is 15.5. The average Bonchev–Trinajstić information content (AvgIpc) is 2.07. The lowest BCUT2D eigenvalue weighted by Crippen LogP contribution is -2.00. The van der Waals surface area contributed by atoms with Gasteiger partial charge in [0.15, 0.2) is 0 Å². The van der Waals surface area contributed by atoms with E-state index in [1.54, 1.807) is 30.4 Å². The van der Waals surface area contributed by atoms with Gasteiger partial charge >= 0.3 is 0 Å². The number of hydrogen-bond donors (Lipinski definition) is 0. The number of hydrogen-bond acceptors (Lipinski definition) is 3. The molecule has 0 saturated heterocycles. The first-order valence-electron chi connectivity index (χ1n) is 3.50. The Kier molecular flexibility index (Phi) is 3.75. The minimum absolute atomic E-state index is 0.0544. The van der Waals surface area contributed by atoms with Crippen LogP contribution in [-0.2, 0) is 10.8 Å². The second-order valence-corrected chi connectivity index (χ2v) is 5.06. The van der Waals surface area contributed by atoms with Crippen molar-refractivity contribution in [2.45, 2.75) is 4.58 Å². The van der Waals surface area contributed by atoms with Gasteiger partial charge in [-0.3, -0.25) is 9.19 Å². The molecule has 0 aliphatic heterocycles. The average molecular weight is 201 g/mol. The highest BCUT2D eigenvalue weighted by atomic mass is 32.2. The van der Waals surface area contributed by atoms with E-state index in [0.717, 1.165) is 5.56 Å². The van der Waals surface area contributed by atoms with E-state index in [-0.39, 0.29) is 4.58 Å². The van der Waals surface area contributed by atoms with Crippen LogP contribution in [0.25, 0.3) is 0 Å². The monoisotopic (exact) mass is 201 g/mol. The van der Waals surface area contributed by atoms with Crippen molar-refractivity contribution in [1.82, 2.24) is 4.98 Å². The maximum Gasteiger partial charge on any atom is 0.106 e. The Labute approximate surface area is 79.2 Å². The summed E-state index contributed by atoms with van der Waals surface area (Å²) in [5.74, 6) is 0. The van der Waals surface area contributed by atoms with Gasteiger partial charge in [0.2, 0.25) is 0 Å². The molecule has 0 amide bonds. The van der Waals surface area contributed by atoms with E-state index < -0.39 is 10.8 Å². The van der Waals surface area contributed by atoms with E-state index in [2.05, 4.69) is 4.98 Å². The SMILES string of the molecule is CSC(c1cccnc1)S(C)=O. The summed E-state index contributed by atoms with van der Waals surface area (Å²) >= 11 is 1.59. The van der Waals surface area contributed by atoms with Crippen LogP contribution in [0.5, 0.6) is 0 Å². The molecule has 2 nitrogen and oxygen atoms in total. The molecule has 0 aliphatic carbocycles. The Bertz CT molecular complexity index is 263. The van der Waals surface area contributed by atoms with Crippen LogP contribution < -0.4 is 0 Å². The maximum absolute atomic E-state index is 11.2. The van der Waals surface area contributed by atoms with Crippen molar-refractivity contribution in [1.29, 1.82) is 0 Å². The highest BCUT2D eigenvalue weighted by molar-refractivity contribution is 8.10. The summed E-state index contributed by atoms with van der Waals surface area (Å²) in [4.78, 5) is 3.99. The second kappa shape index (κ2) is 4.62. The number of nitrogens with zero attached hydrogens (tertiary/aromatic N) is 1. The lowest BCUT2D eigenvalue weighted by molar-refractivity contribution is 0.685. The van der Waals surface area contributed by atoms with Gasteiger partial charge in [0.05, 0.1) is 0 Å². The number of aromatic nitrogens is 1. The van der Waals surface area contributed by atoms with Crippen LogP contribution in [0.3, 0.4) is 0 Å². The van der Waals surface area contributed by atoms with Crippen molar-refractivity contribution in [2.75, 3.05) is 12.5 Å². The van der Waals surface area contributed by atoms with Gasteiger partial charge in [-0.05, 0) is 17.9 Å². The van der Waals surface area contributed by atoms with Crippen molar-refractivity contribution in [3.05, 3.63) is 30.1 Å². The first kappa shape index (κ1) is 9.74. The quantitative estimate of drug-likeness (QED) is 0.747.